The average molecular weight is 364 g/mol. The van der Waals surface area contributed by atoms with Crippen molar-refractivity contribution >= 4 is 27.3 Å². The summed E-state index contributed by atoms with van der Waals surface area (Å²) in [6.07, 6.45) is 0. The van der Waals surface area contributed by atoms with Gasteiger partial charge in [-0.2, -0.15) is 5.26 Å². The first kappa shape index (κ1) is 16.4. The minimum Gasteiger partial charge on any atom is -0.497 e. The SMILES string of the molecule is COc1ccc(C2c3sc4ccccc4c3OC(=N)C2C#N)c(OC)c1. The molecule has 0 spiro atoms. The predicted molar refractivity (Wildman–Crippen MR) is 101 cm³/mol. The summed E-state index contributed by atoms with van der Waals surface area (Å²) in [5.41, 5.74) is 0.848. The van der Waals surface area contributed by atoms with Crippen molar-refractivity contribution in [3.8, 4) is 23.3 Å². The standard InChI is InChI=1S/C20H16N2O3S/c1-23-11-7-8-12(15(9-11)24-2)17-14(10-21)20(22)25-18-13-5-3-4-6-16(13)26-19(17)18/h3-9,14,17,22H,1-2H3. The molecular formula is C20H16N2O3S. The van der Waals surface area contributed by atoms with E-state index >= 15 is 0 Å². The first-order valence-electron chi connectivity index (χ1n) is 8.07. The zero-order chi connectivity index (χ0) is 18.3. The number of rotatable bonds is 3. The molecule has 1 aliphatic heterocycles. The highest BCUT2D eigenvalue weighted by Crippen LogP contribution is 2.52. The van der Waals surface area contributed by atoms with Gasteiger partial charge >= 0.3 is 0 Å². The van der Waals surface area contributed by atoms with E-state index < -0.39 is 5.92 Å². The van der Waals surface area contributed by atoms with Crippen LogP contribution in [0.15, 0.2) is 42.5 Å². The number of nitrogens with zero attached hydrogens (tertiary/aromatic N) is 1. The van der Waals surface area contributed by atoms with Crippen LogP contribution in [-0.4, -0.2) is 20.1 Å². The van der Waals surface area contributed by atoms with Crippen molar-refractivity contribution in [3.05, 3.63) is 52.9 Å². The maximum Gasteiger partial charge on any atom is 0.205 e. The Kier molecular flexibility index (Phi) is 4.02. The summed E-state index contributed by atoms with van der Waals surface area (Å²) < 4.78 is 17.7. The molecule has 3 aromatic rings. The number of fused-ring (bicyclic) bond motifs is 3. The Bertz CT molecular complexity index is 1050. The molecule has 0 saturated heterocycles. The summed E-state index contributed by atoms with van der Waals surface area (Å²) >= 11 is 1.59. The lowest BCUT2D eigenvalue weighted by atomic mass is 9.82. The number of benzene rings is 2. The molecule has 2 heterocycles. The molecule has 0 radical (unpaired) electrons. The predicted octanol–water partition coefficient (Wildman–Crippen LogP) is 4.56. The van der Waals surface area contributed by atoms with E-state index in [0.29, 0.717) is 17.2 Å². The van der Waals surface area contributed by atoms with Gasteiger partial charge in [-0.25, -0.2) is 0 Å². The number of ether oxygens (including phenoxy) is 3. The van der Waals surface area contributed by atoms with Gasteiger partial charge < -0.3 is 14.2 Å². The van der Waals surface area contributed by atoms with Gasteiger partial charge in [0.15, 0.2) is 5.75 Å². The largest absolute Gasteiger partial charge is 0.497 e. The Morgan fingerprint density at radius 2 is 1.96 bits per heavy atom. The van der Waals surface area contributed by atoms with Crippen molar-refractivity contribution in [2.45, 2.75) is 5.92 Å². The van der Waals surface area contributed by atoms with Crippen molar-refractivity contribution in [1.29, 1.82) is 10.7 Å². The van der Waals surface area contributed by atoms with E-state index in [9.17, 15) is 5.26 Å². The lowest BCUT2D eigenvalue weighted by molar-refractivity contribution is 0.385. The number of hydrogen-bond acceptors (Lipinski definition) is 6. The lowest BCUT2D eigenvalue weighted by Crippen LogP contribution is -2.30. The van der Waals surface area contributed by atoms with Crippen LogP contribution in [0.2, 0.25) is 0 Å². The highest BCUT2D eigenvalue weighted by molar-refractivity contribution is 7.19. The van der Waals surface area contributed by atoms with Gasteiger partial charge in [-0.15, -0.1) is 11.3 Å². The summed E-state index contributed by atoms with van der Waals surface area (Å²) in [5.74, 6) is 0.911. The summed E-state index contributed by atoms with van der Waals surface area (Å²) in [4.78, 5) is 0.942. The van der Waals surface area contributed by atoms with E-state index in [-0.39, 0.29) is 11.8 Å². The molecule has 0 fully saturated rings. The molecule has 2 aromatic carbocycles. The summed E-state index contributed by atoms with van der Waals surface area (Å²) in [7, 11) is 3.19. The third-order valence-corrected chi connectivity index (χ3v) is 5.84. The van der Waals surface area contributed by atoms with Crippen LogP contribution in [0.3, 0.4) is 0 Å². The Hall–Kier alpha value is -3.04. The molecule has 4 rings (SSSR count). The van der Waals surface area contributed by atoms with Gasteiger partial charge in [-0.3, -0.25) is 5.41 Å². The maximum absolute atomic E-state index is 9.73. The van der Waals surface area contributed by atoms with Crippen molar-refractivity contribution in [1.82, 2.24) is 0 Å². The Morgan fingerprint density at radius 1 is 1.15 bits per heavy atom. The fraction of sp³-hybridized carbons (Fsp3) is 0.200. The van der Waals surface area contributed by atoms with E-state index in [1.807, 2.05) is 36.4 Å². The molecule has 0 amide bonds. The molecule has 0 aliphatic carbocycles. The highest BCUT2D eigenvalue weighted by atomic mass is 32.1. The molecule has 5 nitrogen and oxygen atoms in total. The van der Waals surface area contributed by atoms with Crippen LogP contribution in [0.25, 0.3) is 10.1 Å². The quantitative estimate of drug-likeness (QED) is 0.739. The Balaban J connectivity index is 1.98. The fourth-order valence-corrected chi connectivity index (χ4v) is 4.64. The van der Waals surface area contributed by atoms with Crippen LogP contribution in [-0.2, 0) is 0 Å². The van der Waals surface area contributed by atoms with E-state index in [1.165, 1.54) is 0 Å². The van der Waals surface area contributed by atoms with Crippen LogP contribution in [0.1, 0.15) is 16.4 Å². The minimum absolute atomic E-state index is 0.0357. The summed E-state index contributed by atoms with van der Waals surface area (Å²) in [6, 6.07) is 15.7. The molecule has 26 heavy (non-hydrogen) atoms. The van der Waals surface area contributed by atoms with Crippen LogP contribution in [0, 0.1) is 22.7 Å². The van der Waals surface area contributed by atoms with Crippen LogP contribution >= 0.6 is 11.3 Å². The van der Waals surface area contributed by atoms with Gasteiger partial charge in [0.2, 0.25) is 5.90 Å². The van der Waals surface area contributed by atoms with E-state index in [1.54, 1.807) is 31.6 Å². The van der Waals surface area contributed by atoms with Gasteiger partial charge in [0.1, 0.15) is 17.4 Å². The third-order valence-electron chi connectivity index (χ3n) is 4.60. The summed E-state index contributed by atoms with van der Waals surface area (Å²) in [5, 5.41) is 19.0. The number of hydrogen-bond donors (Lipinski definition) is 1. The highest BCUT2D eigenvalue weighted by Gasteiger charge is 2.40. The van der Waals surface area contributed by atoms with Gasteiger partial charge in [0.25, 0.3) is 0 Å². The normalized spacial score (nSPS) is 18.7. The second-order valence-corrected chi connectivity index (χ2v) is 7.03. The van der Waals surface area contributed by atoms with Crippen molar-refractivity contribution in [2.75, 3.05) is 14.2 Å². The van der Waals surface area contributed by atoms with Crippen molar-refractivity contribution in [3.63, 3.8) is 0 Å². The van der Waals surface area contributed by atoms with E-state index in [4.69, 9.17) is 19.6 Å². The summed E-state index contributed by atoms with van der Waals surface area (Å²) in [6.45, 7) is 0. The second kappa shape index (κ2) is 6.36. The topological polar surface area (TPSA) is 75.3 Å². The van der Waals surface area contributed by atoms with Gasteiger partial charge in [-0.05, 0) is 18.2 Å². The van der Waals surface area contributed by atoms with Crippen LogP contribution < -0.4 is 14.2 Å². The first-order chi connectivity index (χ1) is 12.7. The molecular weight excluding hydrogens is 348 g/mol. The third kappa shape index (κ3) is 2.40. The fourth-order valence-electron chi connectivity index (χ4n) is 3.36. The number of nitriles is 1. The number of thiophene rings is 1. The molecule has 1 N–H and O–H groups in total. The monoisotopic (exact) mass is 364 g/mol. The molecule has 1 aliphatic rings. The zero-order valence-electron chi connectivity index (χ0n) is 14.3. The van der Waals surface area contributed by atoms with Crippen LogP contribution in [0.5, 0.6) is 17.2 Å². The van der Waals surface area contributed by atoms with Gasteiger partial charge in [0, 0.05) is 21.7 Å². The number of methoxy groups -OCH3 is 2. The molecule has 2 unspecified atom stereocenters. The minimum atomic E-state index is -0.710. The van der Waals surface area contributed by atoms with Crippen LogP contribution in [0.4, 0.5) is 0 Å². The van der Waals surface area contributed by atoms with Gasteiger partial charge in [-0.1, -0.05) is 18.2 Å². The zero-order valence-corrected chi connectivity index (χ0v) is 15.1. The van der Waals surface area contributed by atoms with Crippen molar-refractivity contribution in [2.24, 2.45) is 5.92 Å². The lowest BCUT2D eigenvalue weighted by Gasteiger charge is -2.29. The number of nitrogens with one attached hydrogen (secondary N) is 1. The Labute approximate surface area is 154 Å². The van der Waals surface area contributed by atoms with Crippen molar-refractivity contribution < 1.29 is 14.2 Å². The molecule has 6 heteroatoms. The molecule has 0 bridgehead atoms. The van der Waals surface area contributed by atoms with Gasteiger partial charge in [0.05, 0.1) is 31.1 Å². The molecule has 1 aromatic heterocycles. The second-order valence-electron chi connectivity index (χ2n) is 5.95. The molecule has 0 saturated carbocycles. The maximum atomic E-state index is 9.73. The first-order valence-corrected chi connectivity index (χ1v) is 8.88. The Morgan fingerprint density at radius 3 is 2.69 bits per heavy atom. The molecule has 2 atom stereocenters. The average Bonchev–Trinajstić information content (AvgIpc) is 3.04. The molecule has 130 valence electrons. The smallest absolute Gasteiger partial charge is 0.205 e. The van der Waals surface area contributed by atoms with E-state index in [0.717, 1.165) is 20.5 Å². The van der Waals surface area contributed by atoms with E-state index in [2.05, 4.69) is 6.07 Å².